The van der Waals surface area contributed by atoms with E-state index in [4.69, 9.17) is 0 Å². The Labute approximate surface area is 166 Å². The first-order valence-corrected chi connectivity index (χ1v) is 7.83. The van der Waals surface area contributed by atoms with Crippen molar-refractivity contribution in [1.82, 2.24) is 15.6 Å². The maximum absolute atomic E-state index is 12.4. The van der Waals surface area contributed by atoms with Crippen molar-refractivity contribution in [1.29, 1.82) is 0 Å². The third-order valence-corrected chi connectivity index (χ3v) is 3.56. The number of pyridine rings is 1. The number of anilines is 1. The van der Waals surface area contributed by atoms with Crippen molar-refractivity contribution >= 4 is 42.3 Å². The van der Waals surface area contributed by atoms with E-state index in [0.29, 0.717) is 24.3 Å². The van der Waals surface area contributed by atoms with Crippen molar-refractivity contribution in [2.75, 3.05) is 18.9 Å². The van der Waals surface area contributed by atoms with Gasteiger partial charge in [-0.15, -0.1) is 24.8 Å². The van der Waals surface area contributed by atoms with Crippen LogP contribution in [0.5, 0.6) is 0 Å². The fourth-order valence-corrected chi connectivity index (χ4v) is 2.23. The fraction of sp³-hybridized carbons (Fsp3) is 0.278. The van der Waals surface area contributed by atoms with Crippen LogP contribution in [0.3, 0.4) is 0 Å². The van der Waals surface area contributed by atoms with E-state index in [1.165, 1.54) is 0 Å². The van der Waals surface area contributed by atoms with E-state index in [1.54, 1.807) is 43.7 Å². The van der Waals surface area contributed by atoms with Crippen molar-refractivity contribution in [2.45, 2.75) is 13.5 Å². The SMILES string of the molecule is CNCC(C)C(=O)Nc1ccccc1C(=O)NCc1cccnc1.Cl.Cl. The highest BCUT2D eigenvalue weighted by Gasteiger charge is 2.16. The summed E-state index contributed by atoms with van der Waals surface area (Å²) in [6, 6.07) is 10.7. The molecule has 0 saturated carbocycles. The Morgan fingerprint density at radius 3 is 2.50 bits per heavy atom. The minimum Gasteiger partial charge on any atom is -0.348 e. The Morgan fingerprint density at radius 2 is 1.85 bits per heavy atom. The highest BCUT2D eigenvalue weighted by Crippen LogP contribution is 2.16. The van der Waals surface area contributed by atoms with Crippen molar-refractivity contribution in [2.24, 2.45) is 5.92 Å². The number of amides is 2. The topological polar surface area (TPSA) is 83.1 Å². The summed E-state index contributed by atoms with van der Waals surface area (Å²) in [5, 5.41) is 8.63. The molecule has 0 aliphatic heterocycles. The minimum atomic E-state index is -0.240. The van der Waals surface area contributed by atoms with E-state index in [-0.39, 0.29) is 42.5 Å². The quantitative estimate of drug-likeness (QED) is 0.669. The highest BCUT2D eigenvalue weighted by atomic mass is 35.5. The number of hydrogen-bond acceptors (Lipinski definition) is 4. The third kappa shape index (κ3) is 7.00. The Bertz CT molecular complexity index is 699. The zero-order valence-electron chi connectivity index (χ0n) is 14.7. The summed E-state index contributed by atoms with van der Waals surface area (Å²) in [6.45, 7) is 2.78. The summed E-state index contributed by atoms with van der Waals surface area (Å²) >= 11 is 0. The second kappa shape index (κ2) is 12.2. The number of carbonyl (C=O) groups excluding carboxylic acids is 2. The number of nitrogens with zero attached hydrogens (tertiary/aromatic N) is 1. The van der Waals surface area contributed by atoms with Gasteiger partial charge in [0.2, 0.25) is 5.91 Å². The number of benzene rings is 1. The molecule has 142 valence electrons. The number of rotatable bonds is 7. The molecule has 8 heteroatoms. The van der Waals surface area contributed by atoms with E-state index in [1.807, 2.05) is 19.1 Å². The molecule has 0 radical (unpaired) electrons. The summed E-state index contributed by atoms with van der Waals surface area (Å²) in [7, 11) is 1.80. The number of para-hydroxylation sites is 1. The number of hydrogen-bond donors (Lipinski definition) is 3. The van der Waals surface area contributed by atoms with Gasteiger partial charge in [0, 0.05) is 31.4 Å². The average molecular weight is 399 g/mol. The first kappa shape index (κ1) is 23.9. The highest BCUT2D eigenvalue weighted by molar-refractivity contribution is 6.04. The van der Waals surface area contributed by atoms with Gasteiger partial charge in [-0.1, -0.05) is 25.1 Å². The summed E-state index contributed by atoms with van der Waals surface area (Å²) in [4.78, 5) is 28.6. The van der Waals surface area contributed by atoms with Gasteiger partial charge in [-0.2, -0.15) is 0 Å². The molecule has 0 saturated heterocycles. The Morgan fingerprint density at radius 1 is 1.12 bits per heavy atom. The lowest BCUT2D eigenvalue weighted by molar-refractivity contribution is -0.119. The van der Waals surface area contributed by atoms with E-state index in [9.17, 15) is 9.59 Å². The monoisotopic (exact) mass is 398 g/mol. The van der Waals surface area contributed by atoms with Crippen LogP contribution in [0, 0.1) is 5.92 Å². The Hall–Kier alpha value is -2.15. The van der Waals surface area contributed by atoms with Crippen molar-refractivity contribution in [3.05, 3.63) is 59.9 Å². The first-order valence-electron chi connectivity index (χ1n) is 7.83. The molecule has 0 spiro atoms. The van der Waals surface area contributed by atoms with Gasteiger partial charge in [0.1, 0.15) is 0 Å². The van der Waals surface area contributed by atoms with Gasteiger partial charge in [0.05, 0.1) is 11.3 Å². The van der Waals surface area contributed by atoms with Crippen molar-refractivity contribution < 1.29 is 9.59 Å². The fourth-order valence-electron chi connectivity index (χ4n) is 2.23. The molecular formula is C18H24Cl2N4O2. The molecule has 1 aromatic heterocycles. The van der Waals surface area contributed by atoms with Gasteiger partial charge in [-0.05, 0) is 30.8 Å². The van der Waals surface area contributed by atoms with Crippen LogP contribution in [0.25, 0.3) is 0 Å². The third-order valence-electron chi connectivity index (χ3n) is 3.56. The Kier molecular flexibility index (Phi) is 11.2. The molecule has 0 aliphatic rings. The lowest BCUT2D eigenvalue weighted by Gasteiger charge is -2.14. The van der Waals surface area contributed by atoms with Crippen LogP contribution >= 0.6 is 24.8 Å². The molecule has 6 nitrogen and oxygen atoms in total. The van der Waals surface area contributed by atoms with Crippen LogP contribution < -0.4 is 16.0 Å². The molecule has 1 unspecified atom stereocenters. The summed E-state index contributed by atoms with van der Waals surface area (Å²) in [5.74, 6) is -0.561. The molecule has 26 heavy (non-hydrogen) atoms. The molecular weight excluding hydrogens is 375 g/mol. The molecule has 1 atom stereocenters. The summed E-state index contributed by atoms with van der Waals surface area (Å²) in [6.07, 6.45) is 3.38. The first-order chi connectivity index (χ1) is 11.6. The van der Waals surface area contributed by atoms with Crippen LogP contribution in [0.4, 0.5) is 5.69 Å². The normalized spacial score (nSPS) is 10.7. The molecule has 1 heterocycles. The molecule has 0 fully saturated rings. The lowest BCUT2D eigenvalue weighted by Crippen LogP contribution is -2.30. The van der Waals surface area contributed by atoms with E-state index in [2.05, 4.69) is 20.9 Å². The predicted octanol–water partition coefficient (Wildman–Crippen LogP) is 2.65. The number of carbonyl (C=O) groups is 2. The van der Waals surface area contributed by atoms with Gasteiger partial charge in [-0.3, -0.25) is 14.6 Å². The second-order valence-electron chi connectivity index (χ2n) is 5.54. The van der Waals surface area contributed by atoms with Crippen LogP contribution in [0.15, 0.2) is 48.8 Å². The largest absolute Gasteiger partial charge is 0.348 e. The van der Waals surface area contributed by atoms with Crippen molar-refractivity contribution in [3.63, 3.8) is 0 Å². The van der Waals surface area contributed by atoms with E-state index in [0.717, 1.165) is 5.56 Å². The molecule has 2 amide bonds. The van der Waals surface area contributed by atoms with Gasteiger partial charge >= 0.3 is 0 Å². The van der Waals surface area contributed by atoms with Gasteiger partial charge in [0.25, 0.3) is 5.91 Å². The number of nitrogens with one attached hydrogen (secondary N) is 3. The average Bonchev–Trinajstić information content (AvgIpc) is 2.61. The molecule has 2 rings (SSSR count). The molecule has 0 aliphatic carbocycles. The van der Waals surface area contributed by atoms with Gasteiger partial charge in [0.15, 0.2) is 0 Å². The molecule has 0 bridgehead atoms. The number of aromatic nitrogens is 1. The number of halogens is 2. The van der Waals surface area contributed by atoms with Gasteiger partial charge in [-0.25, -0.2) is 0 Å². The van der Waals surface area contributed by atoms with Gasteiger partial charge < -0.3 is 16.0 Å². The maximum Gasteiger partial charge on any atom is 0.253 e. The Balaban J connectivity index is 0.00000312. The molecule has 2 aromatic rings. The predicted molar refractivity (Wildman–Crippen MR) is 108 cm³/mol. The molecule has 3 N–H and O–H groups in total. The molecule has 1 aromatic carbocycles. The second-order valence-corrected chi connectivity index (χ2v) is 5.54. The van der Waals surface area contributed by atoms with E-state index < -0.39 is 0 Å². The zero-order chi connectivity index (χ0) is 17.4. The van der Waals surface area contributed by atoms with Crippen LogP contribution in [0.2, 0.25) is 0 Å². The maximum atomic E-state index is 12.4. The minimum absolute atomic E-state index is 0. The summed E-state index contributed by atoms with van der Waals surface area (Å²) < 4.78 is 0. The van der Waals surface area contributed by atoms with Crippen molar-refractivity contribution in [3.8, 4) is 0 Å². The summed E-state index contributed by atoms with van der Waals surface area (Å²) in [5.41, 5.74) is 1.86. The zero-order valence-corrected chi connectivity index (χ0v) is 16.3. The van der Waals surface area contributed by atoms with E-state index >= 15 is 0 Å². The smallest absolute Gasteiger partial charge is 0.253 e. The van der Waals surface area contributed by atoms with Crippen LogP contribution in [-0.2, 0) is 11.3 Å². The standard InChI is InChI=1S/C18H22N4O2.2ClH/c1-13(10-19-2)17(23)22-16-8-4-3-7-15(16)18(24)21-12-14-6-5-9-20-11-14;;/h3-9,11,13,19H,10,12H2,1-2H3,(H,21,24)(H,22,23);2*1H. The van der Waals surface area contributed by atoms with Crippen LogP contribution in [0.1, 0.15) is 22.8 Å². The van der Waals surface area contributed by atoms with Crippen LogP contribution in [-0.4, -0.2) is 30.4 Å². The lowest BCUT2D eigenvalue weighted by atomic mass is 10.1.